The summed E-state index contributed by atoms with van der Waals surface area (Å²) in [4.78, 5) is 2.99. The first-order chi connectivity index (χ1) is 8.88. The second-order valence-electron chi connectivity index (χ2n) is 4.66. The van der Waals surface area contributed by atoms with E-state index in [1.807, 2.05) is 48.0 Å². The number of aromatic amines is 1. The maximum atomic E-state index is 11.4. The number of hydrogen-bond acceptors (Lipinski definition) is 3. The van der Waals surface area contributed by atoms with E-state index in [1.54, 1.807) is 0 Å². The highest BCUT2D eigenvalue weighted by molar-refractivity contribution is 7.90. The predicted octanol–water partition coefficient (Wildman–Crippen LogP) is 2.82. The molecule has 102 valence electrons. The highest BCUT2D eigenvalue weighted by Gasteiger charge is 2.16. The van der Waals surface area contributed by atoms with Crippen LogP contribution in [0.15, 0.2) is 36.5 Å². The fourth-order valence-corrected chi connectivity index (χ4v) is 3.52. The zero-order valence-electron chi connectivity index (χ0n) is 10.8. The van der Waals surface area contributed by atoms with Crippen LogP contribution in [-0.2, 0) is 9.84 Å². The summed E-state index contributed by atoms with van der Waals surface area (Å²) in [7, 11) is -3.05. The second kappa shape index (κ2) is 5.30. The topological polar surface area (TPSA) is 54.9 Å². The Labute approximate surface area is 118 Å². The van der Waals surface area contributed by atoms with E-state index in [-0.39, 0.29) is 11.8 Å². The number of sulfone groups is 1. The molecule has 0 saturated heterocycles. The van der Waals surface area contributed by atoms with Crippen LogP contribution in [0.3, 0.4) is 0 Å². The van der Waals surface area contributed by atoms with Gasteiger partial charge in [0.05, 0.1) is 11.4 Å². The Morgan fingerprint density at radius 3 is 2.53 bits per heavy atom. The molecule has 1 atom stereocenters. The molecule has 0 spiro atoms. The molecule has 4 nitrogen and oxygen atoms in total. The van der Waals surface area contributed by atoms with Crippen LogP contribution in [0.25, 0.3) is 11.3 Å². The number of benzene rings is 1. The van der Waals surface area contributed by atoms with E-state index >= 15 is 0 Å². The summed E-state index contributed by atoms with van der Waals surface area (Å²) in [5.41, 5.74) is 1.91. The molecule has 0 bridgehead atoms. The van der Waals surface area contributed by atoms with Crippen molar-refractivity contribution in [3.8, 4) is 11.3 Å². The highest BCUT2D eigenvalue weighted by Crippen LogP contribution is 2.23. The van der Waals surface area contributed by atoms with Crippen LogP contribution in [0, 0.1) is 4.77 Å². The average molecular weight is 296 g/mol. The van der Waals surface area contributed by atoms with Gasteiger partial charge < -0.3 is 9.55 Å². The number of H-pyrrole nitrogens is 1. The minimum atomic E-state index is -3.05. The molecular weight excluding hydrogens is 280 g/mol. The van der Waals surface area contributed by atoms with Crippen molar-refractivity contribution >= 4 is 22.1 Å². The Hall–Kier alpha value is -1.40. The molecule has 0 aliphatic rings. The minimum absolute atomic E-state index is 0.0684. The van der Waals surface area contributed by atoms with Crippen LogP contribution in [0.4, 0.5) is 0 Å². The van der Waals surface area contributed by atoms with Crippen molar-refractivity contribution in [2.75, 3.05) is 12.0 Å². The Kier molecular flexibility index (Phi) is 3.91. The van der Waals surface area contributed by atoms with Crippen LogP contribution < -0.4 is 0 Å². The number of rotatable bonds is 4. The number of nitrogens with one attached hydrogen (secondary N) is 1. The third-order valence-electron chi connectivity index (χ3n) is 2.86. The average Bonchev–Trinajstić information content (AvgIpc) is 2.70. The van der Waals surface area contributed by atoms with Crippen molar-refractivity contribution in [1.82, 2.24) is 9.55 Å². The smallest absolute Gasteiger partial charge is 0.177 e. The van der Waals surface area contributed by atoms with Gasteiger partial charge in [0.25, 0.3) is 0 Å². The fraction of sp³-hybridized carbons (Fsp3) is 0.308. The van der Waals surface area contributed by atoms with E-state index in [0.717, 1.165) is 11.3 Å². The SMILES string of the molecule is CC(CS(C)(=O)=O)n1c(-c2ccccc2)c[nH]c1=S. The predicted molar refractivity (Wildman–Crippen MR) is 79.5 cm³/mol. The van der Waals surface area contributed by atoms with Gasteiger partial charge in [-0.2, -0.15) is 0 Å². The zero-order valence-corrected chi connectivity index (χ0v) is 12.5. The molecule has 2 aromatic rings. The molecule has 1 unspecified atom stereocenters. The molecule has 19 heavy (non-hydrogen) atoms. The maximum absolute atomic E-state index is 11.4. The van der Waals surface area contributed by atoms with E-state index < -0.39 is 9.84 Å². The van der Waals surface area contributed by atoms with Crippen molar-refractivity contribution in [2.45, 2.75) is 13.0 Å². The van der Waals surface area contributed by atoms with Gasteiger partial charge in [-0.1, -0.05) is 30.3 Å². The third-order valence-corrected chi connectivity index (χ3v) is 4.27. The van der Waals surface area contributed by atoms with Crippen molar-refractivity contribution in [1.29, 1.82) is 0 Å². The van der Waals surface area contributed by atoms with Crippen molar-refractivity contribution in [3.63, 3.8) is 0 Å². The normalized spacial score (nSPS) is 13.4. The van der Waals surface area contributed by atoms with Gasteiger partial charge in [-0.15, -0.1) is 0 Å². The summed E-state index contributed by atoms with van der Waals surface area (Å²) in [6.45, 7) is 1.86. The van der Waals surface area contributed by atoms with Gasteiger partial charge in [0, 0.05) is 18.5 Å². The Morgan fingerprint density at radius 1 is 1.32 bits per heavy atom. The lowest BCUT2D eigenvalue weighted by atomic mass is 10.1. The van der Waals surface area contributed by atoms with Crippen LogP contribution in [0.5, 0.6) is 0 Å². The van der Waals surface area contributed by atoms with Gasteiger partial charge in [0.1, 0.15) is 9.84 Å². The number of aromatic nitrogens is 2. The van der Waals surface area contributed by atoms with Gasteiger partial charge in [0.15, 0.2) is 4.77 Å². The first kappa shape index (κ1) is 14.0. The van der Waals surface area contributed by atoms with Crippen LogP contribution in [0.1, 0.15) is 13.0 Å². The lowest BCUT2D eigenvalue weighted by Gasteiger charge is -2.16. The van der Waals surface area contributed by atoms with E-state index in [1.165, 1.54) is 6.26 Å². The lowest BCUT2D eigenvalue weighted by molar-refractivity contribution is 0.561. The molecule has 0 radical (unpaired) electrons. The summed E-state index contributed by atoms with van der Waals surface area (Å²) in [6, 6.07) is 9.57. The van der Waals surface area contributed by atoms with Crippen LogP contribution >= 0.6 is 12.2 Å². The summed E-state index contributed by atoms with van der Waals surface area (Å²) in [5, 5.41) is 0. The van der Waals surface area contributed by atoms with E-state index in [0.29, 0.717) is 4.77 Å². The molecule has 0 amide bonds. The molecule has 0 fully saturated rings. The van der Waals surface area contributed by atoms with E-state index in [4.69, 9.17) is 12.2 Å². The van der Waals surface area contributed by atoms with Crippen molar-refractivity contribution in [2.24, 2.45) is 0 Å². The largest absolute Gasteiger partial charge is 0.337 e. The van der Waals surface area contributed by atoms with Gasteiger partial charge in [-0.05, 0) is 24.7 Å². The standard InChI is InChI=1S/C13H16N2O2S2/c1-10(9-19(2,16)17)15-12(8-14-13(15)18)11-6-4-3-5-7-11/h3-8,10H,9H2,1-2H3,(H,14,18). The second-order valence-corrected chi connectivity index (χ2v) is 7.23. The summed E-state index contributed by atoms with van der Waals surface area (Å²) in [5.74, 6) is 0.0684. The Morgan fingerprint density at radius 2 is 1.95 bits per heavy atom. The van der Waals surface area contributed by atoms with Crippen LogP contribution in [-0.4, -0.2) is 30.0 Å². The van der Waals surface area contributed by atoms with E-state index in [2.05, 4.69) is 4.98 Å². The van der Waals surface area contributed by atoms with Gasteiger partial charge in [-0.25, -0.2) is 8.42 Å². The molecule has 0 aliphatic carbocycles. The molecule has 1 N–H and O–H groups in total. The maximum Gasteiger partial charge on any atom is 0.177 e. The Balaban J connectivity index is 2.47. The quantitative estimate of drug-likeness (QED) is 0.883. The molecule has 0 aliphatic heterocycles. The fourth-order valence-electron chi connectivity index (χ4n) is 2.16. The molecule has 2 rings (SSSR count). The van der Waals surface area contributed by atoms with Crippen molar-refractivity contribution in [3.05, 3.63) is 41.3 Å². The first-order valence-electron chi connectivity index (χ1n) is 5.91. The molecule has 1 aromatic carbocycles. The summed E-state index contributed by atoms with van der Waals surface area (Å²) >= 11 is 5.25. The van der Waals surface area contributed by atoms with Gasteiger partial charge in [-0.3, -0.25) is 0 Å². The monoisotopic (exact) mass is 296 g/mol. The minimum Gasteiger partial charge on any atom is -0.337 e. The third kappa shape index (κ3) is 3.33. The Bertz CT molecular complexity index is 715. The number of hydrogen-bond donors (Lipinski definition) is 1. The van der Waals surface area contributed by atoms with Crippen molar-refractivity contribution < 1.29 is 8.42 Å². The molecule has 1 heterocycles. The van der Waals surface area contributed by atoms with Crippen LogP contribution in [0.2, 0.25) is 0 Å². The lowest BCUT2D eigenvalue weighted by Crippen LogP contribution is -2.17. The number of nitrogens with zero attached hydrogens (tertiary/aromatic N) is 1. The van der Waals surface area contributed by atoms with Gasteiger partial charge >= 0.3 is 0 Å². The molecule has 6 heteroatoms. The first-order valence-corrected chi connectivity index (χ1v) is 8.38. The summed E-state index contributed by atoms with van der Waals surface area (Å²) < 4.78 is 25.3. The zero-order chi connectivity index (χ0) is 14.0. The van der Waals surface area contributed by atoms with E-state index in [9.17, 15) is 8.42 Å². The molecular formula is C13H16N2O2S2. The highest BCUT2D eigenvalue weighted by atomic mass is 32.2. The van der Waals surface area contributed by atoms with Gasteiger partial charge in [0.2, 0.25) is 0 Å². The number of imidazole rings is 1. The molecule has 0 saturated carbocycles. The molecule has 1 aromatic heterocycles. The summed E-state index contributed by atoms with van der Waals surface area (Å²) in [6.07, 6.45) is 3.05.